The van der Waals surface area contributed by atoms with Crippen molar-refractivity contribution in [3.05, 3.63) is 23.8 Å². The number of carbonyl (C=O) groups excluding carboxylic acids is 1. The van der Waals surface area contributed by atoms with Gasteiger partial charge >= 0.3 is 0 Å². The second kappa shape index (κ2) is 5.42. The summed E-state index contributed by atoms with van der Waals surface area (Å²) in [4.78, 5) is 13.4. The number of carbonyl (C=O) groups is 1. The molecule has 1 unspecified atom stereocenters. The van der Waals surface area contributed by atoms with Crippen LogP contribution in [0.15, 0.2) is 18.2 Å². The van der Waals surface area contributed by atoms with Gasteiger partial charge in [0, 0.05) is 24.8 Å². The van der Waals surface area contributed by atoms with Gasteiger partial charge in [0.1, 0.15) is 5.75 Å². The van der Waals surface area contributed by atoms with E-state index in [0.29, 0.717) is 18.7 Å². The molecular weight excluding hydrogens is 258 g/mol. The standard InChI is InChI=1S/C15H21NO4/c1-10(18)13-5-4-11(6-14(13)19)16-7-12(8-17)20-15(2,3)9-16/h4-6,12,17,19H,7-9H2,1-3H3. The Hall–Kier alpha value is -1.59. The summed E-state index contributed by atoms with van der Waals surface area (Å²) in [6.07, 6.45) is -0.256. The molecule has 0 aliphatic carbocycles. The van der Waals surface area contributed by atoms with Crippen LogP contribution in [0.4, 0.5) is 5.69 Å². The van der Waals surface area contributed by atoms with E-state index < -0.39 is 0 Å². The van der Waals surface area contributed by atoms with E-state index in [4.69, 9.17) is 4.74 Å². The van der Waals surface area contributed by atoms with Crippen molar-refractivity contribution in [1.82, 2.24) is 0 Å². The minimum absolute atomic E-state index is 0.0140. The predicted octanol–water partition coefficient (Wildman–Crippen LogP) is 1.57. The van der Waals surface area contributed by atoms with Gasteiger partial charge in [0.05, 0.1) is 23.9 Å². The highest BCUT2D eigenvalue weighted by molar-refractivity contribution is 5.97. The highest BCUT2D eigenvalue weighted by Crippen LogP contribution is 2.30. The van der Waals surface area contributed by atoms with Crippen molar-refractivity contribution in [1.29, 1.82) is 0 Å². The lowest BCUT2D eigenvalue weighted by molar-refractivity contribution is -0.101. The quantitative estimate of drug-likeness (QED) is 0.822. The van der Waals surface area contributed by atoms with E-state index in [-0.39, 0.29) is 29.8 Å². The van der Waals surface area contributed by atoms with Crippen LogP contribution in [0, 0.1) is 0 Å². The number of ketones is 1. The number of hydrogen-bond donors (Lipinski definition) is 2. The van der Waals surface area contributed by atoms with Gasteiger partial charge in [-0.25, -0.2) is 0 Å². The highest BCUT2D eigenvalue weighted by atomic mass is 16.5. The third-order valence-corrected chi connectivity index (χ3v) is 3.41. The first-order valence-corrected chi connectivity index (χ1v) is 6.70. The number of benzene rings is 1. The van der Waals surface area contributed by atoms with Crippen molar-refractivity contribution >= 4 is 11.5 Å². The first-order chi connectivity index (χ1) is 9.32. The van der Waals surface area contributed by atoms with E-state index in [0.717, 1.165) is 5.69 Å². The van der Waals surface area contributed by atoms with Crippen LogP contribution < -0.4 is 4.90 Å². The molecule has 1 aliphatic rings. The summed E-state index contributed by atoms with van der Waals surface area (Å²) in [5, 5.41) is 19.2. The topological polar surface area (TPSA) is 70.0 Å². The molecule has 5 nitrogen and oxygen atoms in total. The molecule has 1 aliphatic heterocycles. The highest BCUT2D eigenvalue weighted by Gasteiger charge is 2.33. The van der Waals surface area contributed by atoms with Crippen LogP contribution in [0.3, 0.4) is 0 Å². The lowest BCUT2D eigenvalue weighted by Crippen LogP contribution is -2.54. The minimum Gasteiger partial charge on any atom is -0.507 e. The first kappa shape index (κ1) is 14.8. The summed E-state index contributed by atoms with van der Waals surface area (Å²) in [5.74, 6) is -0.176. The Morgan fingerprint density at radius 3 is 2.75 bits per heavy atom. The molecular formula is C15H21NO4. The zero-order valence-corrected chi connectivity index (χ0v) is 12.1. The van der Waals surface area contributed by atoms with Gasteiger partial charge in [-0.05, 0) is 32.9 Å². The Balaban J connectivity index is 2.26. The molecule has 1 heterocycles. The van der Waals surface area contributed by atoms with Gasteiger partial charge < -0.3 is 19.8 Å². The smallest absolute Gasteiger partial charge is 0.163 e. The normalized spacial score (nSPS) is 21.8. The number of nitrogens with zero attached hydrogens (tertiary/aromatic N) is 1. The average molecular weight is 279 g/mol. The maximum Gasteiger partial charge on any atom is 0.163 e. The zero-order chi connectivity index (χ0) is 14.9. The Kier molecular flexibility index (Phi) is 4.01. The number of anilines is 1. The molecule has 1 aromatic carbocycles. The minimum atomic E-state index is -0.374. The SMILES string of the molecule is CC(=O)c1ccc(N2CC(CO)OC(C)(C)C2)cc1O. The molecule has 0 spiro atoms. The summed E-state index contributed by atoms with van der Waals surface area (Å²) >= 11 is 0. The molecule has 5 heteroatoms. The fourth-order valence-corrected chi connectivity index (χ4v) is 2.60. The van der Waals surface area contributed by atoms with Crippen LogP contribution >= 0.6 is 0 Å². The summed E-state index contributed by atoms with van der Waals surface area (Å²) in [6.45, 7) is 6.52. The number of aliphatic hydroxyl groups excluding tert-OH is 1. The Labute approximate surface area is 118 Å². The number of aliphatic hydroxyl groups is 1. The van der Waals surface area contributed by atoms with Crippen LogP contribution in [-0.2, 0) is 4.74 Å². The van der Waals surface area contributed by atoms with Crippen molar-refractivity contribution in [2.24, 2.45) is 0 Å². The first-order valence-electron chi connectivity index (χ1n) is 6.70. The lowest BCUT2D eigenvalue weighted by Gasteiger charge is -2.43. The molecule has 2 N–H and O–H groups in total. The molecule has 0 bridgehead atoms. The second-order valence-electron chi connectivity index (χ2n) is 5.82. The third kappa shape index (κ3) is 3.11. The van der Waals surface area contributed by atoms with Crippen LogP contribution in [0.5, 0.6) is 5.75 Å². The number of ether oxygens (including phenoxy) is 1. The summed E-state index contributed by atoms with van der Waals surface area (Å²) < 4.78 is 5.76. The van der Waals surface area contributed by atoms with E-state index in [2.05, 4.69) is 0 Å². The van der Waals surface area contributed by atoms with Gasteiger partial charge in [-0.2, -0.15) is 0 Å². The number of Topliss-reactive ketones (excluding diaryl/α,β-unsaturated/α-hetero) is 1. The van der Waals surface area contributed by atoms with Gasteiger partial charge in [0.25, 0.3) is 0 Å². The van der Waals surface area contributed by atoms with Crippen LogP contribution in [-0.4, -0.2) is 47.4 Å². The summed E-state index contributed by atoms with van der Waals surface area (Å²) in [7, 11) is 0. The van der Waals surface area contributed by atoms with Crippen molar-refractivity contribution in [3.63, 3.8) is 0 Å². The van der Waals surface area contributed by atoms with Gasteiger partial charge in [-0.1, -0.05) is 0 Å². The number of phenolic OH excluding ortho intramolecular Hbond substituents is 1. The number of aromatic hydroxyl groups is 1. The predicted molar refractivity (Wildman–Crippen MR) is 76.4 cm³/mol. The maximum absolute atomic E-state index is 11.3. The molecule has 0 saturated carbocycles. The fraction of sp³-hybridized carbons (Fsp3) is 0.533. The second-order valence-corrected chi connectivity index (χ2v) is 5.82. The number of morpholine rings is 1. The zero-order valence-electron chi connectivity index (χ0n) is 12.1. The van der Waals surface area contributed by atoms with E-state index in [9.17, 15) is 15.0 Å². The number of rotatable bonds is 3. The maximum atomic E-state index is 11.3. The van der Waals surface area contributed by atoms with E-state index in [1.54, 1.807) is 12.1 Å². The molecule has 0 aromatic heterocycles. The van der Waals surface area contributed by atoms with Crippen molar-refractivity contribution in [2.75, 3.05) is 24.6 Å². The molecule has 2 rings (SSSR count). The molecule has 0 amide bonds. The van der Waals surface area contributed by atoms with Crippen molar-refractivity contribution < 1.29 is 19.7 Å². The van der Waals surface area contributed by atoms with Gasteiger partial charge in [-0.15, -0.1) is 0 Å². The average Bonchev–Trinajstić information content (AvgIpc) is 2.36. The van der Waals surface area contributed by atoms with Gasteiger partial charge in [0.15, 0.2) is 5.78 Å². The number of phenols is 1. The third-order valence-electron chi connectivity index (χ3n) is 3.41. The largest absolute Gasteiger partial charge is 0.507 e. The van der Waals surface area contributed by atoms with Gasteiger partial charge in [0.2, 0.25) is 0 Å². The molecule has 20 heavy (non-hydrogen) atoms. The Bertz CT molecular complexity index is 513. The van der Waals surface area contributed by atoms with Crippen molar-refractivity contribution in [2.45, 2.75) is 32.5 Å². The molecule has 1 fully saturated rings. The van der Waals surface area contributed by atoms with Crippen LogP contribution in [0.1, 0.15) is 31.1 Å². The van der Waals surface area contributed by atoms with Gasteiger partial charge in [-0.3, -0.25) is 4.79 Å². The molecule has 1 atom stereocenters. The lowest BCUT2D eigenvalue weighted by atomic mass is 10.0. The molecule has 0 radical (unpaired) electrons. The fourth-order valence-electron chi connectivity index (χ4n) is 2.60. The van der Waals surface area contributed by atoms with E-state index in [1.807, 2.05) is 24.8 Å². The van der Waals surface area contributed by atoms with Crippen molar-refractivity contribution in [3.8, 4) is 5.75 Å². The van der Waals surface area contributed by atoms with Crippen LogP contribution in [0.2, 0.25) is 0 Å². The molecule has 1 aromatic rings. The molecule has 110 valence electrons. The van der Waals surface area contributed by atoms with E-state index >= 15 is 0 Å². The summed E-state index contributed by atoms with van der Waals surface area (Å²) in [5.41, 5.74) is 0.767. The summed E-state index contributed by atoms with van der Waals surface area (Å²) in [6, 6.07) is 5.03. The Morgan fingerprint density at radius 1 is 1.50 bits per heavy atom. The van der Waals surface area contributed by atoms with Crippen LogP contribution in [0.25, 0.3) is 0 Å². The number of hydrogen-bond acceptors (Lipinski definition) is 5. The Morgan fingerprint density at radius 2 is 2.20 bits per heavy atom. The monoisotopic (exact) mass is 279 g/mol. The molecule has 1 saturated heterocycles. The van der Waals surface area contributed by atoms with E-state index in [1.165, 1.54) is 6.92 Å².